The van der Waals surface area contributed by atoms with Gasteiger partial charge >= 0.3 is 0 Å². The Morgan fingerprint density at radius 1 is 1.21 bits per heavy atom. The van der Waals surface area contributed by atoms with Gasteiger partial charge in [-0.1, -0.05) is 12.1 Å². The average molecular weight is 319 g/mol. The summed E-state index contributed by atoms with van der Waals surface area (Å²) in [4.78, 5) is 2.31. The predicted octanol–water partition coefficient (Wildman–Crippen LogP) is 3.56. The highest BCUT2D eigenvalue weighted by Crippen LogP contribution is 2.35. The summed E-state index contributed by atoms with van der Waals surface area (Å²) in [7, 11) is 1.67. The number of halogens is 1. The average Bonchev–Trinajstić information content (AvgIpc) is 2.84. The number of methoxy groups -OCH3 is 1. The lowest BCUT2D eigenvalue weighted by Crippen LogP contribution is -2.14. The van der Waals surface area contributed by atoms with Crippen LogP contribution in [0.25, 0.3) is 0 Å². The third-order valence-corrected chi connectivity index (χ3v) is 4.14. The Balaban J connectivity index is 1.91. The number of nitrogens with zero attached hydrogens (tertiary/aromatic N) is 1. The van der Waals surface area contributed by atoms with Crippen LogP contribution in [0.1, 0.15) is 11.1 Å². The summed E-state index contributed by atoms with van der Waals surface area (Å²) in [5.41, 5.74) is 10.6. The number of benzene rings is 2. The summed E-state index contributed by atoms with van der Waals surface area (Å²) in [6.07, 6.45) is 0. The lowest BCUT2D eigenvalue weighted by molar-refractivity contribution is 0.412. The molecule has 3 nitrogen and oxygen atoms in total. The van der Waals surface area contributed by atoms with Crippen LogP contribution in [0, 0.1) is 0 Å². The first-order valence-electron chi connectivity index (χ1n) is 6.14. The SMILES string of the molecule is COc1ccc(N2Cc3cccc(N)c3C2)cc1Br. The molecule has 0 amide bonds. The molecular formula is C15H15BrN2O. The van der Waals surface area contributed by atoms with Gasteiger partial charge in [0.15, 0.2) is 0 Å². The highest BCUT2D eigenvalue weighted by Gasteiger charge is 2.21. The van der Waals surface area contributed by atoms with Gasteiger partial charge in [-0.2, -0.15) is 0 Å². The molecule has 0 fully saturated rings. The van der Waals surface area contributed by atoms with Gasteiger partial charge in [0.25, 0.3) is 0 Å². The molecule has 0 aromatic heterocycles. The van der Waals surface area contributed by atoms with Gasteiger partial charge in [-0.05, 0) is 51.3 Å². The summed E-state index contributed by atoms with van der Waals surface area (Å²) in [5, 5.41) is 0. The number of hydrogen-bond acceptors (Lipinski definition) is 3. The van der Waals surface area contributed by atoms with E-state index in [1.54, 1.807) is 7.11 Å². The van der Waals surface area contributed by atoms with Crippen LogP contribution >= 0.6 is 15.9 Å². The first kappa shape index (κ1) is 12.4. The molecule has 0 saturated heterocycles. The summed E-state index contributed by atoms with van der Waals surface area (Å²) in [6, 6.07) is 12.3. The maximum atomic E-state index is 6.03. The van der Waals surface area contributed by atoms with Crippen molar-refractivity contribution in [1.29, 1.82) is 0 Å². The van der Waals surface area contributed by atoms with Crippen molar-refractivity contribution in [3.8, 4) is 5.75 Å². The van der Waals surface area contributed by atoms with Gasteiger partial charge in [0.2, 0.25) is 0 Å². The second-order valence-corrected chi connectivity index (χ2v) is 5.51. The topological polar surface area (TPSA) is 38.5 Å². The van der Waals surface area contributed by atoms with Crippen LogP contribution < -0.4 is 15.4 Å². The molecule has 0 radical (unpaired) electrons. The van der Waals surface area contributed by atoms with Crippen molar-refractivity contribution in [2.45, 2.75) is 13.1 Å². The number of anilines is 2. The van der Waals surface area contributed by atoms with E-state index >= 15 is 0 Å². The second-order valence-electron chi connectivity index (χ2n) is 4.66. The van der Waals surface area contributed by atoms with Crippen LogP contribution in [-0.2, 0) is 13.1 Å². The molecule has 1 aliphatic heterocycles. The molecule has 0 spiro atoms. The fourth-order valence-electron chi connectivity index (χ4n) is 2.48. The predicted molar refractivity (Wildman–Crippen MR) is 81.4 cm³/mol. The highest BCUT2D eigenvalue weighted by atomic mass is 79.9. The van der Waals surface area contributed by atoms with Crippen LogP contribution in [0.5, 0.6) is 5.75 Å². The summed E-state index contributed by atoms with van der Waals surface area (Å²) < 4.78 is 6.23. The van der Waals surface area contributed by atoms with Crippen LogP contribution in [0.4, 0.5) is 11.4 Å². The molecule has 98 valence electrons. The minimum atomic E-state index is 0.847. The number of fused-ring (bicyclic) bond motifs is 1. The zero-order valence-electron chi connectivity index (χ0n) is 10.7. The molecule has 4 heteroatoms. The quantitative estimate of drug-likeness (QED) is 0.860. The Morgan fingerprint density at radius 2 is 2.05 bits per heavy atom. The Morgan fingerprint density at radius 3 is 2.74 bits per heavy atom. The third kappa shape index (κ3) is 2.16. The van der Waals surface area contributed by atoms with Crippen molar-refractivity contribution in [1.82, 2.24) is 0 Å². The molecule has 2 N–H and O–H groups in total. The van der Waals surface area contributed by atoms with Gasteiger partial charge in [0.1, 0.15) is 5.75 Å². The van der Waals surface area contributed by atoms with Crippen LogP contribution in [0.3, 0.4) is 0 Å². The first-order valence-corrected chi connectivity index (χ1v) is 6.93. The van der Waals surface area contributed by atoms with E-state index in [0.29, 0.717) is 0 Å². The van der Waals surface area contributed by atoms with Gasteiger partial charge in [-0.3, -0.25) is 0 Å². The Labute approximate surface area is 121 Å². The fourth-order valence-corrected chi connectivity index (χ4v) is 3.01. The van der Waals surface area contributed by atoms with E-state index in [1.807, 2.05) is 18.2 Å². The van der Waals surface area contributed by atoms with Gasteiger partial charge < -0.3 is 15.4 Å². The molecule has 0 atom stereocenters. The molecule has 1 heterocycles. The number of rotatable bonds is 2. The van der Waals surface area contributed by atoms with Gasteiger partial charge in [-0.25, -0.2) is 0 Å². The van der Waals surface area contributed by atoms with E-state index in [4.69, 9.17) is 10.5 Å². The standard InChI is InChI=1S/C15H15BrN2O/c1-19-15-6-5-11(7-13(15)16)18-8-10-3-2-4-14(17)12(10)9-18/h2-7H,8-9,17H2,1H3. The van der Waals surface area contributed by atoms with Crippen LogP contribution in [0.2, 0.25) is 0 Å². The maximum absolute atomic E-state index is 6.03. The van der Waals surface area contributed by atoms with Crippen LogP contribution in [-0.4, -0.2) is 7.11 Å². The van der Waals surface area contributed by atoms with E-state index in [0.717, 1.165) is 29.0 Å². The Hall–Kier alpha value is -1.68. The van der Waals surface area contributed by atoms with E-state index in [9.17, 15) is 0 Å². The molecule has 0 aliphatic carbocycles. The molecule has 19 heavy (non-hydrogen) atoms. The minimum Gasteiger partial charge on any atom is -0.496 e. The minimum absolute atomic E-state index is 0.847. The lowest BCUT2D eigenvalue weighted by atomic mass is 10.1. The molecular weight excluding hydrogens is 304 g/mol. The number of nitrogen functional groups attached to an aromatic ring is 1. The van der Waals surface area contributed by atoms with Crippen molar-refractivity contribution in [3.63, 3.8) is 0 Å². The second kappa shape index (κ2) is 4.78. The van der Waals surface area contributed by atoms with E-state index in [-0.39, 0.29) is 0 Å². The molecule has 1 aliphatic rings. The number of hydrogen-bond donors (Lipinski definition) is 1. The van der Waals surface area contributed by atoms with Gasteiger partial charge in [-0.15, -0.1) is 0 Å². The number of nitrogens with two attached hydrogens (primary N) is 1. The molecule has 2 aromatic rings. The highest BCUT2D eigenvalue weighted by molar-refractivity contribution is 9.10. The Bertz CT molecular complexity index is 628. The first-order chi connectivity index (χ1) is 9.19. The largest absolute Gasteiger partial charge is 0.496 e. The normalized spacial score (nSPS) is 13.5. The lowest BCUT2D eigenvalue weighted by Gasteiger charge is -2.18. The smallest absolute Gasteiger partial charge is 0.133 e. The summed E-state index contributed by atoms with van der Waals surface area (Å²) in [6.45, 7) is 1.76. The van der Waals surface area contributed by atoms with Crippen molar-refractivity contribution in [3.05, 3.63) is 52.0 Å². The van der Waals surface area contributed by atoms with Crippen molar-refractivity contribution >= 4 is 27.3 Å². The fraction of sp³-hybridized carbons (Fsp3) is 0.200. The van der Waals surface area contributed by atoms with Crippen molar-refractivity contribution < 1.29 is 4.74 Å². The molecule has 0 saturated carbocycles. The van der Waals surface area contributed by atoms with E-state index in [2.05, 4.69) is 39.0 Å². The van der Waals surface area contributed by atoms with E-state index < -0.39 is 0 Å². The molecule has 2 aromatic carbocycles. The molecule has 0 unspecified atom stereocenters. The van der Waals surface area contributed by atoms with Gasteiger partial charge in [0, 0.05) is 24.5 Å². The number of ether oxygens (including phenoxy) is 1. The Kier molecular flexibility index (Phi) is 3.11. The third-order valence-electron chi connectivity index (χ3n) is 3.52. The zero-order valence-corrected chi connectivity index (χ0v) is 12.3. The maximum Gasteiger partial charge on any atom is 0.133 e. The summed E-state index contributed by atoms with van der Waals surface area (Å²) >= 11 is 3.53. The van der Waals surface area contributed by atoms with Gasteiger partial charge in [0.05, 0.1) is 11.6 Å². The van der Waals surface area contributed by atoms with E-state index in [1.165, 1.54) is 16.8 Å². The molecule has 0 bridgehead atoms. The summed E-state index contributed by atoms with van der Waals surface area (Å²) in [5.74, 6) is 0.847. The monoisotopic (exact) mass is 318 g/mol. The zero-order chi connectivity index (χ0) is 13.4. The molecule has 3 rings (SSSR count). The van der Waals surface area contributed by atoms with Crippen molar-refractivity contribution in [2.24, 2.45) is 0 Å². The van der Waals surface area contributed by atoms with Crippen LogP contribution in [0.15, 0.2) is 40.9 Å². The van der Waals surface area contributed by atoms with Crippen molar-refractivity contribution in [2.75, 3.05) is 17.7 Å².